The number of aryl methyl sites for hydroxylation is 1. The molecule has 0 N–H and O–H groups in total. The van der Waals surface area contributed by atoms with Crippen LogP contribution in [0.1, 0.15) is 21.5 Å². The summed E-state index contributed by atoms with van der Waals surface area (Å²) >= 11 is 0. The van der Waals surface area contributed by atoms with E-state index in [1.54, 1.807) is 25.2 Å². The Kier molecular flexibility index (Phi) is 5.54. The van der Waals surface area contributed by atoms with E-state index >= 15 is 0 Å². The number of fused-ring (bicyclic) bond motifs is 1. The van der Waals surface area contributed by atoms with Gasteiger partial charge in [0.25, 0.3) is 17.6 Å². The average molecular weight is 380 g/mol. The molecule has 7 heteroatoms. The number of hydrogen-bond donors (Lipinski definition) is 0. The van der Waals surface area contributed by atoms with E-state index in [-0.39, 0.29) is 11.5 Å². The van der Waals surface area contributed by atoms with Crippen molar-refractivity contribution in [2.24, 2.45) is 0 Å². The normalized spacial score (nSPS) is 12.7. The summed E-state index contributed by atoms with van der Waals surface area (Å²) in [5.74, 6) is -2.55. The first kappa shape index (κ1) is 19.3. The Labute approximate surface area is 162 Å². The maximum absolute atomic E-state index is 12.2. The molecule has 0 atom stereocenters. The molecule has 144 valence electrons. The third kappa shape index (κ3) is 3.93. The van der Waals surface area contributed by atoms with E-state index in [4.69, 9.17) is 4.74 Å². The molecule has 0 radical (unpaired) electrons. The van der Waals surface area contributed by atoms with E-state index in [0.29, 0.717) is 12.2 Å². The Morgan fingerprint density at radius 1 is 1.04 bits per heavy atom. The first-order valence-corrected chi connectivity index (χ1v) is 8.78. The van der Waals surface area contributed by atoms with E-state index in [1.165, 1.54) is 11.0 Å². The smallest absolute Gasteiger partial charge is 0.326 e. The lowest BCUT2D eigenvalue weighted by Gasteiger charge is -2.19. The predicted octanol–water partition coefficient (Wildman–Crippen LogP) is 1.73. The summed E-state index contributed by atoms with van der Waals surface area (Å²) in [6.45, 7) is 1.50. The van der Waals surface area contributed by atoms with Crippen molar-refractivity contribution in [1.29, 1.82) is 0 Å². The zero-order valence-electron chi connectivity index (χ0n) is 15.7. The molecule has 0 spiro atoms. The number of likely N-dealkylation sites (N-methyl/N-ethyl adjacent to an activating group) is 1. The number of benzene rings is 2. The molecule has 0 saturated carbocycles. The maximum Gasteiger partial charge on any atom is 0.326 e. The minimum absolute atomic E-state index is 0.259. The Morgan fingerprint density at radius 2 is 1.71 bits per heavy atom. The molecule has 1 aliphatic heterocycles. The van der Waals surface area contributed by atoms with Gasteiger partial charge in [-0.3, -0.25) is 24.1 Å². The fraction of sp³-hybridized carbons (Fsp3) is 0.238. The summed E-state index contributed by atoms with van der Waals surface area (Å²) in [5, 5.41) is 0. The molecule has 2 aromatic rings. The van der Waals surface area contributed by atoms with Gasteiger partial charge in [-0.05, 0) is 30.2 Å². The Morgan fingerprint density at radius 3 is 2.46 bits per heavy atom. The molecule has 2 amide bonds. The second-order valence-corrected chi connectivity index (χ2v) is 6.57. The average Bonchev–Trinajstić information content (AvgIpc) is 2.93. The van der Waals surface area contributed by atoms with E-state index in [2.05, 4.69) is 0 Å². The summed E-state index contributed by atoms with van der Waals surface area (Å²) in [6, 6.07) is 14.1. The van der Waals surface area contributed by atoms with Gasteiger partial charge >= 0.3 is 5.97 Å². The van der Waals surface area contributed by atoms with Crippen molar-refractivity contribution < 1.29 is 23.9 Å². The van der Waals surface area contributed by atoms with Crippen LogP contribution in [0.5, 0.6) is 0 Å². The number of anilines is 1. The summed E-state index contributed by atoms with van der Waals surface area (Å²) in [5.41, 5.74) is 2.70. The number of hydrogen-bond acceptors (Lipinski definition) is 5. The van der Waals surface area contributed by atoms with Gasteiger partial charge in [0.15, 0.2) is 6.61 Å². The van der Waals surface area contributed by atoms with Crippen LogP contribution in [0.2, 0.25) is 0 Å². The van der Waals surface area contributed by atoms with Gasteiger partial charge in [0.1, 0.15) is 6.54 Å². The van der Waals surface area contributed by atoms with Gasteiger partial charge in [-0.2, -0.15) is 0 Å². The largest absolute Gasteiger partial charge is 0.454 e. The molecular formula is C21H20N2O5. The van der Waals surface area contributed by atoms with E-state index in [9.17, 15) is 19.2 Å². The summed E-state index contributed by atoms with van der Waals surface area (Å²) in [4.78, 5) is 50.9. The zero-order chi connectivity index (χ0) is 20.3. The number of ketones is 1. The Hall–Kier alpha value is -3.48. The van der Waals surface area contributed by atoms with Gasteiger partial charge < -0.3 is 9.64 Å². The third-order valence-electron chi connectivity index (χ3n) is 4.62. The molecule has 0 unspecified atom stereocenters. The number of Topliss-reactive ketones (excluding diaryl/α,β-unsaturated/α-hetero) is 1. The first-order chi connectivity index (χ1) is 13.4. The SMILES string of the molecule is Cc1ccccc1CN(C)C(=O)COC(=O)CN1C(=O)C(=O)c2ccccc21. The van der Waals surface area contributed by atoms with Crippen LogP contribution in [0.3, 0.4) is 0 Å². The highest BCUT2D eigenvalue weighted by Gasteiger charge is 2.36. The number of rotatable bonds is 6. The molecule has 1 heterocycles. The summed E-state index contributed by atoms with van der Waals surface area (Å²) < 4.78 is 5.02. The number of carbonyl (C=O) groups excluding carboxylic acids is 4. The molecule has 0 aliphatic carbocycles. The van der Waals surface area contributed by atoms with Crippen LogP contribution in [0.15, 0.2) is 48.5 Å². The molecule has 0 fully saturated rings. The van der Waals surface area contributed by atoms with Crippen molar-refractivity contribution in [2.75, 3.05) is 25.1 Å². The molecule has 0 aromatic heterocycles. The van der Waals surface area contributed by atoms with Crippen molar-refractivity contribution in [3.63, 3.8) is 0 Å². The highest BCUT2D eigenvalue weighted by atomic mass is 16.5. The molecule has 28 heavy (non-hydrogen) atoms. The van der Waals surface area contributed by atoms with Crippen LogP contribution >= 0.6 is 0 Å². The van der Waals surface area contributed by atoms with Crippen LogP contribution in [-0.2, 0) is 25.7 Å². The summed E-state index contributed by atoms with van der Waals surface area (Å²) in [7, 11) is 1.63. The van der Waals surface area contributed by atoms with Gasteiger partial charge in [-0.25, -0.2) is 0 Å². The lowest BCUT2D eigenvalue weighted by molar-refractivity contribution is -0.150. The van der Waals surface area contributed by atoms with Crippen LogP contribution < -0.4 is 4.90 Å². The van der Waals surface area contributed by atoms with Crippen LogP contribution in [-0.4, -0.2) is 48.7 Å². The van der Waals surface area contributed by atoms with Gasteiger partial charge in [0, 0.05) is 13.6 Å². The second kappa shape index (κ2) is 8.04. The van der Waals surface area contributed by atoms with E-state index in [1.807, 2.05) is 31.2 Å². The maximum atomic E-state index is 12.2. The number of nitrogens with zero attached hydrogens (tertiary/aromatic N) is 2. The summed E-state index contributed by atoms with van der Waals surface area (Å²) in [6.07, 6.45) is 0. The second-order valence-electron chi connectivity index (χ2n) is 6.57. The standard InChI is InChI=1S/C21H20N2O5/c1-14-7-3-4-8-15(14)11-22(2)18(24)13-28-19(25)12-23-17-10-6-5-9-16(17)20(26)21(23)27/h3-10H,11-13H2,1-2H3. The lowest BCUT2D eigenvalue weighted by atomic mass is 10.1. The predicted molar refractivity (Wildman–Crippen MR) is 102 cm³/mol. The topological polar surface area (TPSA) is 84.0 Å². The third-order valence-corrected chi connectivity index (χ3v) is 4.62. The number of para-hydroxylation sites is 1. The quantitative estimate of drug-likeness (QED) is 0.563. The number of amides is 2. The van der Waals surface area contributed by atoms with Crippen molar-refractivity contribution >= 4 is 29.3 Å². The van der Waals surface area contributed by atoms with Crippen LogP contribution in [0.25, 0.3) is 0 Å². The van der Waals surface area contributed by atoms with Crippen molar-refractivity contribution in [3.05, 3.63) is 65.2 Å². The highest BCUT2D eigenvalue weighted by molar-refractivity contribution is 6.52. The molecule has 0 bridgehead atoms. The fourth-order valence-corrected chi connectivity index (χ4v) is 2.96. The van der Waals surface area contributed by atoms with Crippen LogP contribution in [0.4, 0.5) is 5.69 Å². The zero-order valence-corrected chi connectivity index (χ0v) is 15.7. The molecule has 1 aliphatic rings. The minimum Gasteiger partial charge on any atom is -0.454 e. The fourth-order valence-electron chi connectivity index (χ4n) is 2.96. The van der Waals surface area contributed by atoms with Crippen molar-refractivity contribution in [2.45, 2.75) is 13.5 Å². The van der Waals surface area contributed by atoms with Crippen molar-refractivity contribution in [3.8, 4) is 0 Å². The molecule has 3 rings (SSSR count). The molecule has 2 aromatic carbocycles. The van der Waals surface area contributed by atoms with Gasteiger partial charge in [0.2, 0.25) is 0 Å². The van der Waals surface area contributed by atoms with Crippen molar-refractivity contribution in [1.82, 2.24) is 4.90 Å². The molecule has 7 nitrogen and oxygen atoms in total. The van der Waals surface area contributed by atoms with Gasteiger partial charge in [0.05, 0.1) is 11.3 Å². The van der Waals surface area contributed by atoms with Crippen LogP contribution in [0, 0.1) is 6.92 Å². The number of carbonyl (C=O) groups is 4. The Bertz CT molecular complexity index is 953. The first-order valence-electron chi connectivity index (χ1n) is 8.78. The number of esters is 1. The highest BCUT2D eigenvalue weighted by Crippen LogP contribution is 2.28. The Balaban J connectivity index is 1.54. The lowest BCUT2D eigenvalue weighted by Crippen LogP contribution is -2.37. The number of ether oxygens (including phenoxy) is 1. The molecular weight excluding hydrogens is 360 g/mol. The van der Waals surface area contributed by atoms with E-state index < -0.39 is 30.8 Å². The van der Waals surface area contributed by atoms with E-state index in [0.717, 1.165) is 16.0 Å². The monoisotopic (exact) mass is 380 g/mol. The minimum atomic E-state index is -0.777. The van der Waals surface area contributed by atoms with Gasteiger partial charge in [-0.1, -0.05) is 36.4 Å². The van der Waals surface area contributed by atoms with Gasteiger partial charge in [-0.15, -0.1) is 0 Å². The molecule has 0 saturated heterocycles.